The molecule has 0 aromatic heterocycles. The van der Waals surface area contributed by atoms with E-state index in [9.17, 15) is 8.42 Å². The van der Waals surface area contributed by atoms with Crippen molar-refractivity contribution in [3.05, 3.63) is 27.7 Å². The molecule has 0 amide bonds. The first-order chi connectivity index (χ1) is 8.38. The van der Waals surface area contributed by atoms with Crippen LogP contribution in [0.15, 0.2) is 17.0 Å². The number of fused-ring (bicyclic) bond motifs is 1. The van der Waals surface area contributed by atoms with Crippen molar-refractivity contribution < 1.29 is 8.42 Å². The summed E-state index contributed by atoms with van der Waals surface area (Å²) in [5.74, 6) is 0. The van der Waals surface area contributed by atoms with Crippen molar-refractivity contribution in [2.75, 3.05) is 6.54 Å². The maximum atomic E-state index is 12.2. The van der Waals surface area contributed by atoms with Crippen LogP contribution in [0.2, 0.25) is 10.0 Å². The van der Waals surface area contributed by atoms with E-state index in [2.05, 4.69) is 4.83 Å². The molecular formula is C11H14Cl2N2O2S. The predicted molar refractivity (Wildman–Crippen MR) is 72.2 cm³/mol. The highest BCUT2D eigenvalue weighted by atomic mass is 35.5. The Balaban J connectivity index is 2.62. The molecule has 100 valence electrons. The molecule has 1 heterocycles. The molecule has 18 heavy (non-hydrogen) atoms. The van der Waals surface area contributed by atoms with Gasteiger partial charge >= 0.3 is 0 Å². The number of benzene rings is 1. The lowest BCUT2D eigenvalue weighted by Gasteiger charge is -2.35. The minimum Gasteiger partial charge on any atom is -0.223 e. The average Bonchev–Trinajstić information content (AvgIpc) is 2.29. The van der Waals surface area contributed by atoms with Crippen LogP contribution in [0.3, 0.4) is 0 Å². The van der Waals surface area contributed by atoms with E-state index in [1.807, 2.05) is 13.8 Å². The molecule has 1 atom stereocenters. The van der Waals surface area contributed by atoms with E-state index >= 15 is 0 Å². The lowest BCUT2D eigenvalue weighted by atomic mass is 10.1. The molecule has 7 heteroatoms. The van der Waals surface area contributed by atoms with Crippen LogP contribution in [0.1, 0.15) is 31.9 Å². The number of hydrogen-bond acceptors (Lipinski definition) is 3. The molecule has 4 nitrogen and oxygen atoms in total. The first-order valence-electron chi connectivity index (χ1n) is 5.65. The second kappa shape index (κ2) is 4.98. The highest BCUT2D eigenvalue weighted by molar-refractivity contribution is 7.89. The van der Waals surface area contributed by atoms with Crippen LogP contribution in [0.25, 0.3) is 0 Å². The molecule has 1 aromatic rings. The van der Waals surface area contributed by atoms with Gasteiger partial charge in [0.05, 0.1) is 10.0 Å². The van der Waals surface area contributed by atoms with Gasteiger partial charge in [-0.25, -0.2) is 13.4 Å². The van der Waals surface area contributed by atoms with Crippen molar-refractivity contribution in [1.29, 1.82) is 0 Å². The molecule has 0 radical (unpaired) electrons. The van der Waals surface area contributed by atoms with Gasteiger partial charge in [-0.1, -0.05) is 36.2 Å². The van der Waals surface area contributed by atoms with Gasteiger partial charge in [-0.15, -0.1) is 4.83 Å². The van der Waals surface area contributed by atoms with Gasteiger partial charge in [0.1, 0.15) is 4.90 Å². The summed E-state index contributed by atoms with van der Waals surface area (Å²) in [5.41, 5.74) is 0.677. The van der Waals surface area contributed by atoms with Gasteiger partial charge in [0.25, 0.3) is 10.0 Å². The number of sulfonamides is 1. The van der Waals surface area contributed by atoms with Crippen LogP contribution in [0.5, 0.6) is 0 Å². The summed E-state index contributed by atoms with van der Waals surface area (Å²) in [6.45, 7) is 4.56. The third-order valence-electron chi connectivity index (χ3n) is 2.97. The predicted octanol–water partition coefficient (Wildman–Crippen LogP) is 2.97. The fraction of sp³-hybridized carbons (Fsp3) is 0.455. The van der Waals surface area contributed by atoms with Gasteiger partial charge in [-0.05, 0) is 25.0 Å². The molecule has 1 N–H and O–H groups in total. The molecule has 0 bridgehead atoms. The first-order valence-corrected chi connectivity index (χ1v) is 7.89. The number of hydrogen-bond donors (Lipinski definition) is 1. The van der Waals surface area contributed by atoms with E-state index in [1.165, 1.54) is 0 Å². The van der Waals surface area contributed by atoms with Crippen molar-refractivity contribution in [1.82, 2.24) is 9.84 Å². The van der Waals surface area contributed by atoms with Crippen LogP contribution >= 0.6 is 23.2 Å². The minimum atomic E-state index is -3.64. The van der Waals surface area contributed by atoms with Gasteiger partial charge in [0.15, 0.2) is 0 Å². The van der Waals surface area contributed by atoms with Crippen LogP contribution in [-0.4, -0.2) is 20.0 Å². The largest absolute Gasteiger partial charge is 0.255 e. The Bertz CT molecular complexity index is 575. The number of halogens is 2. The summed E-state index contributed by atoms with van der Waals surface area (Å²) in [6, 6.07) is 3.28. The molecule has 1 unspecified atom stereocenters. The molecule has 1 aromatic carbocycles. The van der Waals surface area contributed by atoms with Crippen LogP contribution in [0.4, 0.5) is 0 Å². The lowest BCUT2D eigenvalue weighted by molar-refractivity contribution is 0.170. The topological polar surface area (TPSA) is 49.4 Å². The summed E-state index contributed by atoms with van der Waals surface area (Å²) in [5, 5.41) is 2.03. The molecule has 0 saturated carbocycles. The quantitative estimate of drug-likeness (QED) is 0.914. The average molecular weight is 309 g/mol. The minimum absolute atomic E-state index is 0.0711. The van der Waals surface area contributed by atoms with Crippen molar-refractivity contribution in [3.63, 3.8) is 0 Å². The van der Waals surface area contributed by atoms with Crippen molar-refractivity contribution >= 4 is 33.2 Å². The Labute approximate surface area is 117 Å². The third kappa shape index (κ3) is 2.26. The van der Waals surface area contributed by atoms with Gasteiger partial charge in [0, 0.05) is 12.6 Å². The van der Waals surface area contributed by atoms with Crippen LogP contribution < -0.4 is 4.83 Å². The Morgan fingerprint density at radius 2 is 2.06 bits per heavy atom. The maximum Gasteiger partial charge on any atom is 0.255 e. The number of rotatable bonds is 2. The third-order valence-corrected chi connectivity index (χ3v) is 5.34. The molecule has 1 aliphatic heterocycles. The van der Waals surface area contributed by atoms with E-state index in [1.54, 1.807) is 17.1 Å². The van der Waals surface area contributed by atoms with Gasteiger partial charge in [0.2, 0.25) is 0 Å². The second-order valence-electron chi connectivity index (χ2n) is 4.24. The van der Waals surface area contributed by atoms with Gasteiger partial charge < -0.3 is 0 Å². The van der Waals surface area contributed by atoms with Crippen LogP contribution in [0, 0.1) is 0 Å². The number of nitrogens with one attached hydrogen (secondary N) is 1. The first kappa shape index (κ1) is 14.1. The van der Waals surface area contributed by atoms with E-state index in [-0.39, 0.29) is 21.0 Å². The molecule has 0 aliphatic carbocycles. The Morgan fingerprint density at radius 3 is 2.67 bits per heavy atom. The SMILES string of the molecule is CCCN1NS(=O)(=O)c2c(ccc(Cl)c2Cl)C1C. The lowest BCUT2D eigenvalue weighted by Crippen LogP contribution is -2.48. The Hall–Kier alpha value is -0.330. The Morgan fingerprint density at radius 1 is 1.39 bits per heavy atom. The summed E-state index contributed by atoms with van der Waals surface area (Å²) < 4.78 is 24.4. The van der Waals surface area contributed by atoms with E-state index < -0.39 is 10.0 Å². The fourth-order valence-electron chi connectivity index (χ4n) is 2.08. The fourth-order valence-corrected chi connectivity index (χ4v) is 4.31. The molecule has 1 aliphatic rings. The summed E-state index contributed by atoms with van der Waals surface area (Å²) in [6.07, 6.45) is 0.851. The number of nitrogens with zero attached hydrogens (tertiary/aromatic N) is 1. The standard InChI is InChI=1S/C11H14Cl2N2O2S/c1-3-6-15-7(2)8-4-5-9(12)10(13)11(8)18(16,17)14-15/h4-5,7,14H,3,6H2,1-2H3. The highest BCUT2D eigenvalue weighted by Gasteiger charge is 2.35. The van der Waals surface area contributed by atoms with Crippen LogP contribution in [-0.2, 0) is 10.0 Å². The van der Waals surface area contributed by atoms with Crippen molar-refractivity contribution in [2.24, 2.45) is 0 Å². The monoisotopic (exact) mass is 308 g/mol. The van der Waals surface area contributed by atoms with Crippen molar-refractivity contribution in [2.45, 2.75) is 31.2 Å². The molecule has 0 saturated heterocycles. The van der Waals surface area contributed by atoms with Gasteiger partial charge in [-0.3, -0.25) is 0 Å². The van der Waals surface area contributed by atoms with E-state index in [4.69, 9.17) is 23.2 Å². The normalized spacial score (nSPS) is 22.8. The Kier molecular flexibility index (Phi) is 3.90. The zero-order chi connectivity index (χ0) is 13.5. The van der Waals surface area contributed by atoms with E-state index in [0.717, 1.165) is 6.42 Å². The summed E-state index contributed by atoms with van der Waals surface area (Å²) >= 11 is 11.9. The summed E-state index contributed by atoms with van der Waals surface area (Å²) in [7, 11) is -3.64. The zero-order valence-corrected chi connectivity index (χ0v) is 12.4. The number of hydrazine groups is 1. The second-order valence-corrected chi connectivity index (χ2v) is 6.63. The maximum absolute atomic E-state index is 12.2. The van der Waals surface area contributed by atoms with E-state index in [0.29, 0.717) is 12.1 Å². The molecule has 2 rings (SSSR count). The van der Waals surface area contributed by atoms with Crippen molar-refractivity contribution in [3.8, 4) is 0 Å². The highest BCUT2D eigenvalue weighted by Crippen LogP contribution is 2.39. The summed E-state index contributed by atoms with van der Waals surface area (Å²) in [4.78, 5) is 2.62. The molecule has 0 spiro atoms. The smallest absolute Gasteiger partial charge is 0.223 e. The molecular weight excluding hydrogens is 295 g/mol. The van der Waals surface area contributed by atoms with Gasteiger partial charge in [-0.2, -0.15) is 0 Å². The zero-order valence-electron chi connectivity index (χ0n) is 10.1. The molecule has 0 fully saturated rings.